The maximum Gasteiger partial charge on any atom is 0.295 e. The van der Waals surface area contributed by atoms with Crippen molar-refractivity contribution in [3.63, 3.8) is 0 Å². The number of hydrogen-bond donors (Lipinski definition) is 2. The van der Waals surface area contributed by atoms with E-state index in [1.807, 2.05) is 0 Å². The molecule has 0 radical (unpaired) electrons. The molecule has 1 unspecified atom stereocenters. The summed E-state index contributed by atoms with van der Waals surface area (Å²) in [5, 5.41) is 20.3. The minimum absolute atomic E-state index is 0.0435. The van der Waals surface area contributed by atoms with Crippen LogP contribution in [0.2, 0.25) is 0 Å². The molecule has 1 atom stereocenters. The maximum atomic E-state index is 12.8. The monoisotopic (exact) mass is 461 g/mol. The van der Waals surface area contributed by atoms with E-state index in [1.54, 1.807) is 42.5 Å². The van der Waals surface area contributed by atoms with Crippen molar-refractivity contribution in [2.45, 2.75) is 6.04 Å². The number of amides is 1. The van der Waals surface area contributed by atoms with Crippen molar-refractivity contribution in [3.05, 3.63) is 63.6 Å². The number of β-amino-alcohol motifs (C(OH)–C–C–N with tert-alkyl or cyclic N) is 1. The van der Waals surface area contributed by atoms with Crippen LogP contribution in [0.4, 0.5) is 0 Å². The third kappa shape index (κ3) is 3.86. The molecule has 1 fully saturated rings. The van der Waals surface area contributed by atoms with Gasteiger partial charge in [-0.15, -0.1) is 0 Å². The van der Waals surface area contributed by atoms with Crippen molar-refractivity contribution in [2.75, 3.05) is 27.4 Å². The largest absolute Gasteiger partial charge is 0.507 e. The van der Waals surface area contributed by atoms with E-state index in [2.05, 4.69) is 15.9 Å². The number of ether oxygens (including phenoxy) is 2. The molecule has 7 nitrogen and oxygen atoms in total. The molecule has 0 saturated carbocycles. The van der Waals surface area contributed by atoms with E-state index in [1.165, 1.54) is 19.1 Å². The predicted octanol–water partition coefficient (Wildman–Crippen LogP) is 2.88. The zero-order chi connectivity index (χ0) is 21.1. The van der Waals surface area contributed by atoms with Gasteiger partial charge in [-0.05, 0) is 29.8 Å². The Kier molecular flexibility index (Phi) is 6.24. The standard InChI is InChI=1S/C21H20BrNO6/c1-28-15-8-5-13(11-16(15)29-2)18-17(20(26)21(27)23(18)9-10-24)19(25)12-3-6-14(22)7-4-12/h3-8,11,18,24-25H,9-10H2,1-2H3/b19-17+. The van der Waals surface area contributed by atoms with Crippen molar-refractivity contribution in [1.82, 2.24) is 4.90 Å². The Morgan fingerprint density at radius 1 is 1.07 bits per heavy atom. The lowest BCUT2D eigenvalue weighted by molar-refractivity contribution is -0.140. The van der Waals surface area contributed by atoms with Crippen LogP contribution in [-0.4, -0.2) is 54.2 Å². The van der Waals surface area contributed by atoms with Gasteiger partial charge in [-0.25, -0.2) is 0 Å². The Morgan fingerprint density at radius 3 is 2.31 bits per heavy atom. The van der Waals surface area contributed by atoms with E-state index >= 15 is 0 Å². The van der Waals surface area contributed by atoms with Crippen LogP contribution in [0.1, 0.15) is 17.2 Å². The number of nitrogens with zero attached hydrogens (tertiary/aromatic N) is 1. The number of rotatable bonds is 6. The summed E-state index contributed by atoms with van der Waals surface area (Å²) in [5.41, 5.74) is 0.910. The number of hydrogen-bond acceptors (Lipinski definition) is 6. The fraction of sp³-hybridized carbons (Fsp3) is 0.238. The first-order chi connectivity index (χ1) is 13.9. The summed E-state index contributed by atoms with van der Waals surface area (Å²) in [6.45, 7) is -0.379. The molecule has 8 heteroatoms. The van der Waals surface area contributed by atoms with Gasteiger partial charge < -0.3 is 24.6 Å². The Hall–Kier alpha value is -2.84. The maximum absolute atomic E-state index is 12.8. The fourth-order valence-corrected chi connectivity index (χ4v) is 3.62. The number of aliphatic hydroxyl groups excluding tert-OH is 2. The number of aliphatic hydroxyl groups is 2. The molecule has 1 saturated heterocycles. The molecule has 2 aromatic carbocycles. The third-order valence-corrected chi connectivity index (χ3v) is 5.25. The second-order valence-electron chi connectivity index (χ2n) is 6.34. The van der Waals surface area contributed by atoms with Gasteiger partial charge >= 0.3 is 0 Å². The van der Waals surface area contributed by atoms with Gasteiger partial charge in [0.15, 0.2) is 11.5 Å². The number of Topliss-reactive ketones (excluding diaryl/α,β-unsaturated/α-hetero) is 1. The molecule has 0 bridgehead atoms. The summed E-state index contributed by atoms with van der Waals surface area (Å²) in [7, 11) is 2.98. The lowest BCUT2D eigenvalue weighted by Crippen LogP contribution is -2.32. The smallest absolute Gasteiger partial charge is 0.295 e. The number of methoxy groups -OCH3 is 2. The number of carbonyl (C=O) groups excluding carboxylic acids is 2. The van der Waals surface area contributed by atoms with Crippen molar-refractivity contribution >= 4 is 33.4 Å². The first-order valence-corrected chi connectivity index (χ1v) is 9.59. The highest BCUT2D eigenvalue weighted by molar-refractivity contribution is 9.10. The first-order valence-electron chi connectivity index (χ1n) is 8.80. The molecule has 0 aliphatic carbocycles. The normalized spacial score (nSPS) is 18.2. The van der Waals surface area contributed by atoms with E-state index in [0.717, 1.165) is 4.47 Å². The summed E-state index contributed by atoms with van der Waals surface area (Å²) >= 11 is 3.33. The third-order valence-electron chi connectivity index (χ3n) is 4.72. The van der Waals surface area contributed by atoms with Gasteiger partial charge in [-0.2, -0.15) is 0 Å². The minimum atomic E-state index is -0.870. The van der Waals surface area contributed by atoms with Crippen LogP contribution in [0, 0.1) is 0 Å². The molecular weight excluding hydrogens is 442 g/mol. The lowest BCUT2D eigenvalue weighted by atomic mass is 9.95. The Bertz CT molecular complexity index is 970. The summed E-state index contributed by atoms with van der Waals surface area (Å²) in [6.07, 6.45) is 0. The quantitative estimate of drug-likeness (QED) is 0.390. The fourth-order valence-electron chi connectivity index (χ4n) is 3.35. The summed E-state index contributed by atoms with van der Waals surface area (Å²) < 4.78 is 11.4. The highest BCUT2D eigenvalue weighted by atomic mass is 79.9. The number of likely N-dealkylation sites (tertiary alicyclic amines) is 1. The predicted molar refractivity (Wildman–Crippen MR) is 110 cm³/mol. The van der Waals surface area contributed by atoms with Crippen LogP contribution in [-0.2, 0) is 9.59 Å². The molecule has 2 N–H and O–H groups in total. The average Bonchev–Trinajstić information content (AvgIpc) is 2.98. The Balaban J connectivity index is 2.20. The van der Waals surface area contributed by atoms with Gasteiger partial charge in [0.25, 0.3) is 11.7 Å². The molecule has 1 aliphatic heterocycles. The van der Waals surface area contributed by atoms with E-state index in [9.17, 15) is 19.8 Å². The van der Waals surface area contributed by atoms with Gasteiger partial charge in [-0.1, -0.05) is 34.1 Å². The van der Waals surface area contributed by atoms with Crippen LogP contribution in [0.25, 0.3) is 5.76 Å². The van der Waals surface area contributed by atoms with Crippen LogP contribution in [0.3, 0.4) is 0 Å². The van der Waals surface area contributed by atoms with Crippen molar-refractivity contribution < 1.29 is 29.3 Å². The molecule has 1 aliphatic rings. The van der Waals surface area contributed by atoms with Crippen molar-refractivity contribution in [3.8, 4) is 11.5 Å². The van der Waals surface area contributed by atoms with Gasteiger partial charge in [0.2, 0.25) is 0 Å². The van der Waals surface area contributed by atoms with Crippen LogP contribution in [0.5, 0.6) is 11.5 Å². The lowest BCUT2D eigenvalue weighted by Gasteiger charge is -2.25. The molecular formula is C21H20BrNO6. The van der Waals surface area contributed by atoms with E-state index in [4.69, 9.17) is 9.47 Å². The topological polar surface area (TPSA) is 96.3 Å². The van der Waals surface area contributed by atoms with Crippen LogP contribution >= 0.6 is 15.9 Å². The van der Waals surface area contributed by atoms with Crippen LogP contribution < -0.4 is 9.47 Å². The first kappa shape index (κ1) is 20.9. The molecule has 2 aromatic rings. The zero-order valence-corrected chi connectivity index (χ0v) is 17.5. The van der Waals surface area contributed by atoms with E-state index in [0.29, 0.717) is 22.6 Å². The minimum Gasteiger partial charge on any atom is -0.507 e. The number of ketones is 1. The second kappa shape index (κ2) is 8.67. The van der Waals surface area contributed by atoms with Crippen molar-refractivity contribution in [1.29, 1.82) is 0 Å². The number of carbonyl (C=O) groups is 2. The summed E-state index contributed by atoms with van der Waals surface area (Å²) in [6, 6.07) is 10.9. The van der Waals surface area contributed by atoms with Crippen molar-refractivity contribution in [2.24, 2.45) is 0 Å². The van der Waals surface area contributed by atoms with E-state index < -0.39 is 17.7 Å². The van der Waals surface area contributed by atoms with Gasteiger partial charge in [0.1, 0.15) is 5.76 Å². The SMILES string of the molecule is COc1ccc(C2/C(=C(\O)c3ccc(Br)cc3)C(=O)C(=O)N2CCO)cc1OC. The molecule has 1 heterocycles. The highest BCUT2D eigenvalue weighted by Gasteiger charge is 2.46. The van der Waals surface area contributed by atoms with Gasteiger partial charge in [-0.3, -0.25) is 9.59 Å². The molecule has 3 rings (SSSR count). The Morgan fingerprint density at radius 2 is 1.72 bits per heavy atom. The number of benzene rings is 2. The second-order valence-corrected chi connectivity index (χ2v) is 7.25. The molecule has 0 aromatic heterocycles. The molecule has 0 spiro atoms. The zero-order valence-electron chi connectivity index (χ0n) is 15.9. The highest BCUT2D eigenvalue weighted by Crippen LogP contribution is 2.41. The van der Waals surface area contributed by atoms with Gasteiger partial charge in [0, 0.05) is 16.6 Å². The molecule has 29 heavy (non-hydrogen) atoms. The summed E-state index contributed by atoms with van der Waals surface area (Å²) in [5.74, 6) is -0.960. The van der Waals surface area contributed by atoms with Gasteiger partial charge in [0.05, 0.1) is 32.4 Å². The van der Waals surface area contributed by atoms with E-state index in [-0.39, 0.29) is 24.5 Å². The average molecular weight is 462 g/mol. The summed E-state index contributed by atoms with van der Waals surface area (Å²) in [4.78, 5) is 26.6. The van der Waals surface area contributed by atoms with Crippen LogP contribution in [0.15, 0.2) is 52.5 Å². The molecule has 152 valence electrons. The Labute approximate surface area is 176 Å². The molecule has 1 amide bonds. The number of halogens is 1.